The molecule has 1 amide bonds. The second kappa shape index (κ2) is 7.97. The number of carbonyl (C=O) groups is 1. The number of carbonyl (C=O) groups excluding carboxylic acids is 1. The number of rotatable bonds is 6. The van der Waals surface area contributed by atoms with E-state index in [1.807, 2.05) is 36.7 Å². The first-order chi connectivity index (χ1) is 12.5. The fraction of sp³-hybridized carbons (Fsp3) is 0.526. The number of hydrogen-bond donors (Lipinski definition) is 2. The molecule has 2 N–H and O–H groups in total. The molecule has 1 aliphatic heterocycles. The highest BCUT2D eigenvalue weighted by molar-refractivity contribution is 5.77. The van der Waals surface area contributed by atoms with E-state index in [2.05, 4.69) is 32.5 Å². The molecule has 7 heteroatoms. The molecule has 1 fully saturated rings. The van der Waals surface area contributed by atoms with Crippen molar-refractivity contribution < 1.29 is 9.90 Å². The maximum atomic E-state index is 12.3. The van der Waals surface area contributed by atoms with Gasteiger partial charge < -0.3 is 15.0 Å². The molecule has 2 heterocycles. The molecule has 26 heavy (non-hydrogen) atoms. The summed E-state index contributed by atoms with van der Waals surface area (Å²) in [5.74, 6) is 1.35. The predicted octanol–water partition coefficient (Wildman–Crippen LogP) is 1.16. The summed E-state index contributed by atoms with van der Waals surface area (Å²) >= 11 is 0. The van der Waals surface area contributed by atoms with Gasteiger partial charge in [-0.2, -0.15) is 0 Å². The Morgan fingerprint density at radius 1 is 1.31 bits per heavy atom. The Balaban J connectivity index is 1.52. The maximum Gasteiger partial charge on any atom is 0.223 e. The third-order valence-electron chi connectivity index (χ3n) is 5.00. The Morgan fingerprint density at radius 2 is 2.08 bits per heavy atom. The zero-order valence-corrected chi connectivity index (χ0v) is 15.5. The van der Waals surface area contributed by atoms with Crippen molar-refractivity contribution in [3.8, 4) is 0 Å². The Hall–Kier alpha value is -2.25. The summed E-state index contributed by atoms with van der Waals surface area (Å²) in [4.78, 5) is 14.5. The van der Waals surface area contributed by atoms with E-state index in [1.54, 1.807) is 0 Å². The summed E-state index contributed by atoms with van der Waals surface area (Å²) in [6, 6.07) is 10.2. The molecule has 0 bridgehead atoms. The molecule has 7 nitrogen and oxygen atoms in total. The maximum absolute atomic E-state index is 12.3. The van der Waals surface area contributed by atoms with E-state index >= 15 is 0 Å². The third kappa shape index (κ3) is 4.68. The molecule has 0 spiro atoms. The summed E-state index contributed by atoms with van der Waals surface area (Å²) in [6.07, 6.45) is 1.64. The normalized spacial score (nSPS) is 20.9. The Morgan fingerprint density at radius 3 is 2.77 bits per heavy atom. The van der Waals surface area contributed by atoms with Crippen molar-refractivity contribution in [3.63, 3.8) is 0 Å². The zero-order valence-electron chi connectivity index (χ0n) is 15.5. The van der Waals surface area contributed by atoms with E-state index < -0.39 is 5.60 Å². The molecule has 0 radical (unpaired) electrons. The van der Waals surface area contributed by atoms with Gasteiger partial charge in [-0.05, 0) is 31.9 Å². The van der Waals surface area contributed by atoms with Crippen molar-refractivity contribution in [2.45, 2.75) is 44.9 Å². The first-order valence-electron chi connectivity index (χ1n) is 9.05. The van der Waals surface area contributed by atoms with E-state index in [4.69, 9.17) is 0 Å². The highest BCUT2D eigenvalue weighted by Gasteiger charge is 2.35. The lowest BCUT2D eigenvalue weighted by Gasteiger charge is -2.39. The fourth-order valence-corrected chi connectivity index (χ4v) is 3.47. The average Bonchev–Trinajstić information content (AvgIpc) is 2.92. The molecular formula is C19H27N5O2. The van der Waals surface area contributed by atoms with Gasteiger partial charge in [-0.3, -0.25) is 9.69 Å². The fourth-order valence-electron chi connectivity index (χ4n) is 3.47. The number of nitrogens with one attached hydrogen (secondary N) is 1. The molecule has 0 aliphatic carbocycles. The third-order valence-corrected chi connectivity index (χ3v) is 5.00. The van der Waals surface area contributed by atoms with Crippen LogP contribution in [0.2, 0.25) is 0 Å². The summed E-state index contributed by atoms with van der Waals surface area (Å²) in [5.41, 5.74) is 0.242. The highest BCUT2D eigenvalue weighted by atomic mass is 16.3. The van der Waals surface area contributed by atoms with Crippen LogP contribution in [0.3, 0.4) is 0 Å². The summed E-state index contributed by atoms with van der Waals surface area (Å²) < 4.78 is 1.84. The van der Waals surface area contributed by atoms with Crippen LogP contribution in [0, 0.1) is 6.92 Å². The minimum Gasteiger partial charge on any atom is -0.388 e. The van der Waals surface area contributed by atoms with Crippen LogP contribution < -0.4 is 5.32 Å². The van der Waals surface area contributed by atoms with Crippen LogP contribution in [0.1, 0.15) is 36.5 Å². The Kier molecular flexibility index (Phi) is 5.68. The number of hydrogen-bond acceptors (Lipinski definition) is 5. The smallest absolute Gasteiger partial charge is 0.223 e. The van der Waals surface area contributed by atoms with Crippen LogP contribution >= 0.6 is 0 Å². The van der Waals surface area contributed by atoms with E-state index in [1.165, 1.54) is 5.56 Å². The number of aromatic nitrogens is 3. The van der Waals surface area contributed by atoms with Crippen molar-refractivity contribution in [2.75, 3.05) is 13.1 Å². The van der Waals surface area contributed by atoms with Crippen molar-refractivity contribution in [2.24, 2.45) is 7.05 Å². The molecule has 140 valence electrons. The van der Waals surface area contributed by atoms with E-state index in [-0.39, 0.29) is 12.3 Å². The van der Waals surface area contributed by atoms with Gasteiger partial charge in [0.15, 0.2) is 5.82 Å². The van der Waals surface area contributed by atoms with Gasteiger partial charge in [0.1, 0.15) is 5.82 Å². The largest absolute Gasteiger partial charge is 0.388 e. The van der Waals surface area contributed by atoms with Gasteiger partial charge in [-0.25, -0.2) is 0 Å². The standard InChI is InChI=1S/C19H27N5O2/c1-15-21-22-17(23(15)2)12-20-18(25)11-19(26)9-6-10-24(14-19)13-16-7-4-3-5-8-16/h3-5,7-8,26H,6,9-14H2,1-2H3,(H,20,25). The summed E-state index contributed by atoms with van der Waals surface area (Å²) in [5, 5.41) is 21.8. The van der Waals surface area contributed by atoms with Crippen molar-refractivity contribution in [3.05, 3.63) is 47.5 Å². The molecule has 1 saturated heterocycles. The molecule has 2 aromatic rings. The minimum absolute atomic E-state index is 0.106. The molecule has 0 saturated carbocycles. The van der Waals surface area contributed by atoms with Crippen LogP contribution in [-0.2, 0) is 24.9 Å². The lowest BCUT2D eigenvalue weighted by Crippen LogP contribution is -2.50. The van der Waals surface area contributed by atoms with Crippen LogP contribution in [0.4, 0.5) is 0 Å². The van der Waals surface area contributed by atoms with E-state index in [0.717, 1.165) is 25.3 Å². The molecule has 1 aliphatic rings. The van der Waals surface area contributed by atoms with Crippen LogP contribution in [0.25, 0.3) is 0 Å². The predicted molar refractivity (Wildman–Crippen MR) is 98.1 cm³/mol. The zero-order chi connectivity index (χ0) is 18.6. The van der Waals surface area contributed by atoms with Gasteiger partial charge >= 0.3 is 0 Å². The molecule has 1 atom stereocenters. The minimum atomic E-state index is -0.979. The van der Waals surface area contributed by atoms with E-state index in [9.17, 15) is 9.90 Å². The summed E-state index contributed by atoms with van der Waals surface area (Å²) in [7, 11) is 1.87. The Bertz CT molecular complexity index is 746. The van der Waals surface area contributed by atoms with Gasteiger partial charge in [-0.1, -0.05) is 30.3 Å². The SMILES string of the molecule is Cc1nnc(CNC(=O)CC2(O)CCCN(Cc3ccccc3)C2)n1C. The quantitative estimate of drug-likeness (QED) is 0.811. The number of benzene rings is 1. The van der Waals surface area contributed by atoms with Crippen molar-refractivity contribution >= 4 is 5.91 Å². The number of aryl methyl sites for hydroxylation is 1. The number of aliphatic hydroxyl groups is 1. The van der Waals surface area contributed by atoms with Gasteiger partial charge in [0.2, 0.25) is 5.91 Å². The second-order valence-electron chi connectivity index (χ2n) is 7.20. The van der Waals surface area contributed by atoms with E-state index in [0.29, 0.717) is 25.3 Å². The number of amides is 1. The van der Waals surface area contributed by atoms with Gasteiger partial charge in [0, 0.05) is 20.1 Å². The van der Waals surface area contributed by atoms with Crippen LogP contribution in [0.15, 0.2) is 30.3 Å². The molecule has 1 aromatic carbocycles. The Labute approximate surface area is 154 Å². The van der Waals surface area contributed by atoms with Gasteiger partial charge in [0.05, 0.1) is 18.6 Å². The molecule has 1 unspecified atom stereocenters. The molecule has 1 aromatic heterocycles. The number of likely N-dealkylation sites (tertiary alicyclic amines) is 1. The highest BCUT2D eigenvalue weighted by Crippen LogP contribution is 2.25. The average molecular weight is 357 g/mol. The number of piperidine rings is 1. The van der Waals surface area contributed by atoms with Crippen molar-refractivity contribution in [1.29, 1.82) is 0 Å². The van der Waals surface area contributed by atoms with Gasteiger partial charge in [-0.15, -0.1) is 10.2 Å². The summed E-state index contributed by atoms with van der Waals surface area (Å²) in [6.45, 7) is 4.43. The second-order valence-corrected chi connectivity index (χ2v) is 7.20. The number of nitrogens with zero attached hydrogens (tertiary/aromatic N) is 4. The lowest BCUT2D eigenvalue weighted by molar-refractivity contribution is -0.129. The van der Waals surface area contributed by atoms with Gasteiger partial charge in [0.25, 0.3) is 0 Å². The molecular weight excluding hydrogens is 330 g/mol. The van der Waals surface area contributed by atoms with Crippen LogP contribution in [-0.4, -0.2) is 49.4 Å². The first-order valence-corrected chi connectivity index (χ1v) is 9.05. The van der Waals surface area contributed by atoms with Crippen LogP contribution in [0.5, 0.6) is 0 Å². The number of β-amino-alcohol motifs (C(OH)–C–C–N with tert-alkyl or cyclic N) is 1. The van der Waals surface area contributed by atoms with Crippen molar-refractivity contribution in [1.82, 2.24) is 25.0 Å². The first kappa shape index (κ1) is 18.5. The monoisotopic (exact) mass is 357 g/mol. The topological polar surface area (TPSA) is 83.3 Å². The molecule has 3 rings (SSSR count). The lowest BCUT2D eigenvalue weighted by atomic mass is 9.89.